The van der Waals surface area contributed by atoms with Crippen LogP contribution in [0.15, 0.2) is 36.4 Å². The van der Waals surface area contributed by atoms with Gasteiger partial charge in [0, 0.05) is 5.69 Å². The lowest BCUT2D eigenvalue weighted by Crippen LogP contribution is -2.24. The summed E-state index contributed by atoms with van der Waals surface area (Å²) in [5.41, 5.74) is 0.810. The zero-order chi connectivity index (χ0) is 17.5. The molecule has 3 nitrogen and oxygen atoms in total. The molecule has 0 saturated heterocycles. The molecule has 0 spiro atoms. The van der Waals surface area contributed by atoms with Gasteiger partial charge in [-0.15, -0.1) is 0 Å². The van der Waals surface area contributed by atoms with Crippen LogP contribution in [0.2, 0.25) is 0 Å². The quantitative estimate of drug-likeness (QED) is 0.822. The van der Waals surface area contributed by atoms with Gasteiger partial charge < -0.3 is 9.64 Å². The van der Waals surface area contributed by atoms with E-state index in [1.165, 1.54) is 24.0 Å². The number of hydrogen-bond donors (Lipinski definition) is 0. The first kappa shape index (κ1) is 16.4. The molecule has 3 rings (SSSR count). The number of amides is 1. The first-order chi connectivity index (χ1) is 11.3. The van der Waals surface area contributed by atoms with Crippen LogP contribution in [0, 0.1) is 6.92 Å². The molecule has 1 aliphatic rings. The zero-order valence-corrected chi connectivity index (χ0v) is 13.3. The lowest BCUT2D eigenvalue weighted by molar-refractivity contribution is -0.138. The smallest absolute Gasteiger partial charge is 0.416 e. The van der Waals surface area contributed by atoms with Crippen LogP contribution in [-0.2, 0) is 12.7 Å². The molecular weight excluding hydrogens is 319 g/mol. The maximum Gasteiger partial charge on any atom is 0.416 e. The van der Waals surface area contributed by atoms with Gasteiger partial charge in [0.2, 0.25) is 0 Å². The van der Waals surface area contributed by atoms with Crippen LogP contribution < -0.4 is 9.64 Å². The Bertz CT molecular complexity index is 799. The lowest BCUT2D eigenvalue weighted by Gasteiger charge is -2.19. The van der Waals surface area contributed by atoms with Crippen LogP contribution in [0.5, 0.6) is 5.75 Å². The van der Waals surface area contributed by atoms with Crippen molar-refractivity contribution in [1.29, 1.82) is 0 Å². The maximum atomic E-state index is 13.1. The number of anilines is 1. The number of aryl methyl sites for hydroxylation is 1. The van der Waals surface area contributed by atoms with E-state index >= 15 is 0 Å². The SMILES string of the molecule is CCOc1cccc2c1C(=O)N(c1ccc(C)c(C(F)(F)F)c1)C2. The van der Waals surface area contributed by atoms with Crippen LogP contribution >= 0.6 is 0 Å². The van der Waals surface area contributed by atoms with E-state index < -0.39 is 11.7 Å². The number of rotatable bonds is 3. The third-order valence-corrected chi connectivity index (χ3v) is 4.04. The Hall–Kier alpha value is -2.50. The number of fused-ring (bicyclic) bond motifs is 1. The lowest BCUT2D eigenvalue weighted by atomic mass is 10.1. The minimum Gasteiger partial charge on any atom is -0.493 e. The molecule has 1 amide bonds. The minimum absolute atomic E-state index is 0.130. The van der Waals surface area contributed by atoms with Gasteiger partial charge in [-0.3, -0.25) is 4.79 Å². The van der Waals surface area contributed by atoms with Gasteiger partial charge in [0.25, 0.3) is 5.91 Å². The van der Waals surface area contributed by atoms with Crippen LogP contribution in [0.4, 0.5) is 18.9 Å². The molecule has 0 radical (unpaired) electrons. The molecule has 0 N–H and O–H groups in total. The number of ether oxygens (including phenoxy) is 1. The molecule has 2 aromatic carbocycles. The number of nitrogens with zero attached hydrogens (tertiary/aromatic N) is 1. The van der Waals surface area contributed by atoms with Gasteiger partial charge in [-0.05, 0) is 43.2 Å². The van der Waals surface area contributed by atoms with Crippen LogP contribution in [0.1, 0.15) is 34.0 Å². The number of benzene rings is 2. The van der Waals surface area contributed by atoms with Crippen molar-refractivity contribution >= 4 is 11.6 Å². The van der Waals surface area contributed by atoms with Crippen molar-refractivity contribution in [1.82, 2.24) is 0 Å². The highest BCUT2D eigenvalue weighted by atomic mass is 19.4. The topological polar surface area (TPSA) is 29.5 Å². The summed E-state index contributed by atoms with van der Waals surface area (Å²) in [5.74, 6) is 0.122. The fourth-order valence-electron chi connectivity index (χ4n) is 2.90. The fourth-order valence-corrected chi connectivity index (χ4v) is 2.90. The Morgan fingerprint density at radius 1 is 1.21 bits per heavy atom. The van der Waals surface area contributed by atoms with Crippen LogP contribution in [0.25, 0.3) is 0 Å². The number of hydrogen-bond acceptors (Lipinski definition) is 2. The van der Waals surface area contributed by atoms with E-state index in [1.54, 1.807) is 18.2 Å². The summed E-state index contributed by atoms with van der Waals surface area (Å²) < 4.78 is 44.8. The maximum absolute atomic E-state index is 13.1. The van der Waals surface area contributed by atoms with Crippen LogP contribution in [-0.4, -0.2) is 12.5 Å². The first-order valence-corrected chi connectivity index (χ1v) is 7.57. The second kappa shape index (κ2) is 5.85. The predicted octanol–water partition coefficient (Wildman–Crippen LogP) is 4.57. The van der Waals surface area contributed by atoms with Crippen molar-refractivity contribution in [2.75, 3.05) is 11.5 Å². The molecule has 1 aliphatic heterocycles. The summed E-state index contributed by atoms with van der Waals surface area (Å²) in [7, 11) is 0. The van der Waals surface area contributed by atoms with Crippen molar-refractivity contribution < 1.29 is 22.7 Å². The van der Waals surface area contributed by atoms with E-state index in [4.69, 9.17) is 4.74 Å². The standard InChI is InChI=1S/C18H16F3NO2/c1-3-24-15-6-4-5-12-10-22(17(23)16(12)15)13-8-7-11(2)14(9-13)18(19,20)21/h4-9H,3,10H2,1-2H3. The summed E-state index contributed by atoms with van der Waals surface area (Å²) in [4.78, 5) is 14.1. The molecule has 0 aromatic heterocycles. The number of halogens is 3. The molecule has 1 heterocycles. The summed E-state index contributed by atoms with van der Waals surface area (Å²) in [5, 5.41) is 0. The Balaban J connectivity index is 2.01. The van der Waals surface area contributed by atoms with Gasteiger partial charge in [0.05, 0.1) is 24.3 Å². The zero-order valence-electron chi connectivity index (χ0n) is 13.3. The van der Waals surface area contributed by atoms with Gasteiger partial charge in [-0.1, -0.05) is 18.2 Å². The molecule has 0 unspecified atom stereocenters. The third kappa shape index (κ3) is 2.72. The molecule has 126 valence electrons. The largest absolute Gasteiger partial charge is 0.493 e. The average molecular weight is 335 g/mol. The first-order valence-electron chi connectivity index (χ1n) is 7.57. The van der Waals surface area contributed by atoms with E-state index in [1.807, 2.05) is 6.92 Å². The minimum atomic E-state index is -4.45. The summed E-state index contributed by atoms with van der Waals surface area (Å²) in [6.45, 7) is 3.86. The summed E-state index contributed by atoms with van der Waals surface area (Å²) >= 11 is 0. The molecule has 0 saturated carbocycles. The molecule has 6 heteroatoms. The molecule has 2 aromatic rings. The van der Waals surface area contributed by atoms with Gasteiger partial charge in [-0.25, -0.2) is 0 Å². The van der Waals surface area contributed by atoms with Crippen molar-refractivity contribution in [2.24, 2.45) is 0 Å². The average Bonchev–Trinajstić information content (AvgIpc) is 2.85. The van der Waals surface area contributed by atoms with Crippen molar-refractivity contribution in [3.8, 4) is 5.75 Å². The monoisotopic (exact) mass is 335 g/mol. The van der Waals surface area contributed by atoms with E-state index in [-0.39, 0.29) is 23.7 Å². The summed E-state index contributed by atoms with van der Waals surface area (Å²) in [6, 6.07) is 9.21. The van der Waals surface area contributed by atoms with Gasteiger partial charge in [-0.2, -0.15) is 13.2 Å². The van der Waals surface area contributed by atoms with Crippen LogP contribution in [0.3, 0.4) is 0 Å². The highest BCUT2D eigenvalue weighted by Gasteiger charge is 2.35. The van der Waals surface area contributed by atoms with Gasteiger partial charge in [0.1, 0.15) is 5.75 Å². The molecule has 0 atom stereocenters. The second-order valence-corrected chi connectivity index (χ2v) is 5.61. The number of carbonyl (C=O) groups excluding carboxylic acids is 1. The van der Waals surface area contributed by atoms with E-state index in [0.717, 1.165) is 11.6 Å². The second-order valence-electron chi connectivity index (χ2n) is 5.61. The highest BCUT2D eigenvalue weighted by Crippen LogP contribution is 2.38. The molecule has 0 fully saturated rings. The Morgan fingerprint density at radius 3 is 2.62 bits per heavy atom. The Labute approximate surface area is 137 Å². The number of carbonyl (C=O) groups is 1. The normalized spacial score (nSPS) is 14.0. The van der Waals surface area contributed by atoms with Crippen molar-refractivity contribution in [3.05, 3.63) is 58.7 Å². The van der Waals surface area contributed by atoms with E-state index in [9.17, 15) is 18.0 Å². The third-order valence-electron chi connectivity index (χ3n) is 4.04. The Kier molecular flexibility index (Phi) is 3.99. The Morgan fingerprint density at radius 2 is 1.96 bits per heavy atom. The van der Waals surface area contributed by atoms with Gasteiger partial charge in [0.15, 0.2) is 0 Å². The number of alkyl halides is 3. The summed E-state index contributed by atoms with van der Waals surface area (Å²) in [6.07, 6.45) is -4.45. The molecule has 0 bridgehead atoms. The fraction of sp³-hybridized carbons (Fsp3) is 0.278. The predicted molar refractivity (Wildman–Crippen MR) is 84.3 cm³/mol. The van der Waals surface area contributed by atoms with E-state index in [0.29, 0.717) is 17.9 Å². The van der Waals surface area contributed by atoms with E-state index in [2.05, 4.69) is 0 Å². The molecule has 0 aliphatic carbocycles. The molecular formula is C18H16F3NO2. The van der Waals surface area contributed by atoms with Crippen molar-refractivity contribution in [3.63, 3.8) is 0 Å². The van der Waals surface area contributed by atoms with Crippen molar-refractivity contribution in [2.45, 2.75) is 26.6 Å². The highest BCUT2D eigenvalue weighted by molar-refractivity contribution is 6.11. The van der Waals surface area contributed by atoms with Gasteiger partial charge >= 0.3 is 6.18 Å². The molecule has 24 heavy (non-hydrogen) atoms.